The number of aryl methyl sites for hydroxylation is 1. The summed E-state index contributed by atoms with van der Waals surface area (Å²) in [5, 5.41) is 1.90. The molecular formula is C32H28F2N6O3. The molecule has 3 heterocycles. The largest absolute Gasteiger partial charge is 0.339 e. The second-order valence-corrected chi connectivity index (χ2v) is 10.4. The summed E-state index contributed by atoms with van der Waals surface area (Å²) in [6.07, 6.45) is 0. The second-order valence-electron chi connectivity index (χ2n) is 10.4. The van der Waals surface area contributed by atoms with Gasteiger partial charge in [-0.3, -0.25) is 23.3 Å². The zero-order chi connectivity index (χ0) is 30.2. The lowest BCUT2D eigenvalue weighted by Crippen LogP contribution is -2.49. The third-order valence-corrected chi connectivity index (χ3v) is 7.82. The van der Waals surface area contributed by atoms with Crippen LogP contribution in [0.3, 0.4) is 0 Å². The van der Waals surface area contributed by atoms with E-state index >= 15 is 0 Å². The summed E-state index contributed by atoms with van der Waals surface area (Å²) in [5.41, 5.74) is 0.0443. The number of hydrogen-bond acceptors (Lipinski definition) is 5. The van der Waals surface area contributed by atoms with Gasteiger partial charge in [-0.25, -0.2) is 13.6 Å². The van der Waals surface area contributed by atoms with Crippen LogP contribution in [0.4, 0.5) is 14.7 Å². The van der Waals surface area contributed by atoms with Crippen molar-refractivity contribution in [3.05, 3.63) is 104 Å². The summed E-state index contributed by atoms with van der Waals surface area (Å²) >= 11 is 0. The number of aromatic nitrogens is 4. The van der Waals surface area contributed by atoms with Crippen molar-refractivity contribution in [2.75, 3.05) is 31.1 Å². The molecule has 0 saturated carbocycles. The third kappa shape index (κ3) is 4.95. The topological polar surface area (TPSA) is 85.4 Å². The lowest BCUT2D eigenvalue weighted by Gasteiger charge is -2.35. The van der Waals surface area contributed by atoms with Gasteiger partial charge < -0.3 is 9.80 Å². The van der Waals surface area contributed by atoms with E-state index < -0.39 is 22.9 Å². The fraction of sp³-hybridized carbons (Fsp3) is 0.250. The van der Waals surface area contributed by atoms with Crippen molar-refractivity contribution < 1.29 is 13.6 Å². The van der Waals surface area contributed by atoms with Gasteiger partial charge in [0.2, 0.25) is 5.95 Å². The molecule has 0 spiro atoms. The minimum atomic E-state index is -1.06. The van der Waals surface area contributed by atoms with Crippen molar-refractivity contribution in [3.8, 4) is 11.8 Å². The summed E-state index contributed by atoms with van der Waals surface area (Å²) in [4.78, 5) is 49.0. The minimum absolute atomic E-state index is 0.0516. The predicted molar refractivity (Wildman–Crippen MR) is 160 cm³/mol. The van der Waals surface area contributed by atoms with Crippen LogP contribution >= 0.6 is 0 Å². The molecule has 0 radical (unpaired) electrons. The van der Waals surface area contributed by atoms with Crippen LogP contribution in [0.1, 0.15) is 22.8 Å². The molecule has 1 amide bonds. The van der Waals surface area contributed by atoms with Gasteiger partial charge in [-0.2, -0.15) is 4.98 Å². The standard InChI is InChI=1S/C32H28F2N6O3/c1-3-4-14-39-27-28(36(2)32(43)40(30(27)42)20-21-12-13-25(33)26(34)19-21)35-31(39)38-17-15-37(16-18-38)29(41)24-11-7-9-22-8-5-6-10-23(22)24/h5-13,19H,14-18,20H2,1-2H3. The average Bonchev–Trinajstić information content (AvgIpc) is 3.42. The van der Waals surface area contributed by atoms with Crippen molar-refractivity contribution >= 4 is 33.8 Å². The second kappa shape index (κ2) is 11.2. The number of halogens is 2. The quantitative estimate of drug-likeness (QED) is 0.297. The number of anilines is 1. The molecule has 218 valence electrons. The maximum Gasteiger partial charge on any atom is 0.332 e. The van der Waals surface area contributed by atoms with Gasteiger partial charge in [0.1, 0.15) is 0 Å². The molecule has 0 N–H and O–H groups in total. The highest BCUT2D eigenvalue weighted by Gasteiger charge is 2.28. The number of fused-ring (bicyclic) bond motifs is 2. The number of rotatable bonds is 5. The Hall–Kier alpha value is -5.24. The van der Waals surface area contributed by atoms with Crippen LogP contribution in [0.2, 0.25) is 0 Å². The maximum absolute atomic E-state index is 13.9. The molecule has 5 aromatic rings. The Bertz CT molecular complexity index is 2070. The molecule has 1 saturated heterocycles. The Kier molecular flexibility index (Phi) is 7.27. The molecule has 1 fully saturated rings. The molecule has 1 aliphatic rings. The van der Waals surface area contributed by atoms with Gasteiger partial charge in [-0.15, -0.1) is 5.92 Å². The van der Waals surface area contributed by atoms with Crippen molar-refractivity contribution in [1.82, 2.24) is 23.6 Å². The van der Waals surface area contributed by atoms with Crippen LogP contribution in [0.25, 0.3) is 21.9 Å². The molecule has 0 unspecified atom stereocenters. The molecule has 0 bridgehead atoms. The SMILES string of the molecule is CC#CCn1c(N2CCN(C(=O)c3cccc4ccccc34)CC2)nc2c1c(=O)n(Cc1ccc(F)c(F)c1)c(=O)n2C. The lowest BCUT2D eigenvalue weighted by molar-refractivity contribution is 0.0748. The van der Waals surface area contributed by atoms with Gasteiger partial charge >= 0.3 is 5.69 Å². The highest BCUT2D eigenvalue weighted by molar-refractivity contribution is 6.07. The highest BCUT2D eigenvalue weighted by atomic mass is 19.2. The molecule has 3 aromatic carbocycles. The molecule has 1 aliphatic heterocycles. The highest BCUT2D eigenvalue weighted by Crippen LogP contribution is 2.24. The Morgan fingerprint density at radius 1 is 0.930 bits per heavy atom. The number of carbonyl (C=O) groups is 1. The van der Waals surface area contributed by atoms with E-state index in [2.05, 4.69) is 11.8 Å². The molecular weight excluding hydrogens is 554 g/mol. The van der Waals surface area contributed by atoms with Crippen molar-refractivity contribution in [2.24, 2.45) is 7.05 Å². The normalized spacial score (nSPS) is 13.4. The fourth-order valence-corrected chi connectivity index (χ4v) is 5.56. The van der Waals surface area contributed by atoms with Crippen molar-refractivity contribution in [2.45, 2.75) is 20.0 Å². The third-order valence-electron chi connectivity index (χ3n) is 7.82. The van der Waals surface area contributed by atoms with E-state index in [1.165, 1.54) is 17.7 Å². The first-order valence-electron chi connectivity index (χ1n) is 13.8. The van der Waals surface area contributed by atoms with Crippen LogP contribution in [0.15, 0.2) is 70.3 Å². The van der Waals surface area contributed by atoms with E-state index in [0.29, 0.717) is 37.7 Å². The van der Waals surface area contributed by atoms with Gasteiger partial charge in [0.05, 0.1) is 13.1 Å². The van der Waals surface area contributed by atoms with Crippen LogP contribution in [-0.2, 0) is 20.1 Å². The number of carbonyl (C=O) groups excluding carboxylic acids is 1. The van der Waals surface area contributed by atoms with E-state index in [-0.39, 0.29) is 35.7 Å². The number of imidazole rings is 1. The van der Waals surface area contributed by atoms with Gasteiger partial charge in [0.25, 0.3) is 11.5 Å². The zero-order valence-corrected chi connectivity index (χ0v) is 23.7. The van der Waals surface area contributed by atoms with Crippen LogP contribution in [0, 0.1) is 23.5 Å². The fourth-order valence-electron chi connectivity index (χ4n) is 5.56. The van der Waals surface area contributed by atoms with E-state index in [9.17, 15) is 23.2 Å². The van der Waals surface area contributed by atoms with E-state index in [0.717, 1.165) is 27.5 Å². The molecule has 11 heteroatoms. The minimum Gasteiger partial charge on any atom is -0.339 e. The first kappa shape index (κ1) is 27.9. The zero-order valence-electron chi connectivity index (χ0n) is 23.7. The monoisotopic (exact) mass is 582 g/mol. The Morgan fingerprint density at radius 2 is 1.67 bits per heavy atom. The van der Waals surface area contributed by atoms with Crippen LogP contribution < -0.4 is 16.1 Å². The molecule has 0 aliphatic carbocycles. The molecule has 6 rings (SSSR count). The van der Waals surface area contributed by atoms with Crippen molar-refractivity contribution in [1.29, 1.82) is 0 Å². The van der Waals surface area contributed by atoms with Gasteiger partial charge in [0, 0.05) is 38.8 Å². The van der Waals surface area contributed by atoms with E-state index in [1.54, 1.807) is 11.5 Å². The summed E-state index contributed by atoms with van der Waals surface area (Å²) in [6.45, 7) is 3.37. The number of hydrogen-bond donors (Lipinski definition) is 0. The predicted octanol–water partition coefficient (Wildman–Crippen LogP) is 3.36. The van der Waals surface area contributed by atoms with Crippen molar-refractivity contribution in [3.63, 3.8) is 0 Å². The van der Waals surface area contributed by atoms with Gasteiger partial charge in [0.15, 0.2) is 22.8 Å². The molecule has 9 nitrogen and oxygen atoms in total. The smallest absolute Gasteiger partial charge is 0.332 e. The maximum atomic E-state index is 13.9. The lowest BCUT2D eigenvalue weighted by atomic mass is 10.0. The molecule has 0 atom stereocenters. The Labute approximate surface area is 245 Å². The number of nitrogens with zero attached hydrogens (tertiary/aromatic N) is 6. The summed E-state index contributed by atoms with van der Waals surface area (Å²) in [7, 11) is 1.51. The summed E-state index contributed by atoms with van der Waals surface area (Å²) < 4.78 is 31.3. The Morgan fingerprint density at radius 3 is 2.42 bits per heavy atom. The van der Waals surface area contributed by atoms with Gasteiger partial charge in [-0.05, 0) is 41.5 Å². The van der Waals surface area contributed by atoms with Crippen LogP contribution in [0.5, 0.6) is 0 Å². The summed E-state index contributed by atoms with van der Waals surface area (Å²) in [6, 6.07) is 16.7. The first-order valence-corrected chi connectivity index (χ1v) is 13.8. The first-order chi connectivity index (χ1) is 20.8. The Balaban J connectivity index is 1.34. The summed E-state index contributed by atoms with van der Waals surface area (Å²) in [5.74, 6) is 4.17. The number of piperazine rings is 1. The molecule has 2 aromatic heterocycles. The average molecular weight is 583 g/mol. The van der Waals surface area contributed by atoms with E-state index in [1.807, 2.05) is 52.3 Å². The number of amides is 1. The van der Waals surface area contributed by atoms with E-state index in [4.69, 9.17) is 4.98 Å². The molecule has 43 heavy (non-hydrogen) atoms. The van der Waals surface area contributed by atoms with Gasteiger partial charge in [-0.1, -0.05) is 48.4 Å². The van der Waals surface area contributed by atoms with Crippen LogP contribution in [-0.4, -0.2) is 55.7 Å². The number of benzene rings is 3.